The Hall–Kier alpha value is -2.69. The Morgan fingerprint density at radius 3 is 2.79 bits per heavy atom. The highest BCUT2D eigenvalue weighted by Gasteiger charge is 2.15. The van der Waals surface area contributed by atoms with Gasteiger partial charge in [0.05, 0.1) is 18.8 Å². The molecule has 94 valence electrons. The van der Waals surface area contributed by atoms with E-state index in [4.69, 9.17) is 4.74 Å². The van der Waals surface area contributed by atoms with Crippen LogP contribution >= 0.6 is 0 Å². The van der Waals surface area contributed by atoms with Crippen LogP contribution in [0, 0.1) is 0 Å². The Morgan fingerprint density at radius 1 is 1.16 bits per heavy atom. The van der Waals surface area contributed by atoms with Crippen molar-refractivity contribution in [3.8, 4) is 11.5 Å². The average molecular weight is 253 g/mol. The normalized spacial score (nSPS) is 10.6. The number of carbonyl (C=O) groups excluding carboxylic acids is 1. The molecule has 0 N–H and O–H groups in total. The molecule has 3 heterocycles. The molecule has 5 heteroatoms. The van der Waals surface area contributed by atoms with E-state index in [0.717, 1.165) is 5.52 Å². The molecule has 5 nitrogen and oxygen atoms in total. The van der Waals surface area contributed by atoms with Crippen molar-refractivity contribution >= 4 is 11.5 Å². The molecule has 0 aliphatic carbocycles. The van der Waals surface area contributed by atoms with E-state index >= 15 is 0 Å². The third-order valence-electron chi connectivity index (χ3n) is 2.84. The molecular weight excluding hydrogens is 242 g/mol. The molecule has 0 fully saturated rings. The topological polar surface area (TPSA) is 56.5 Å². The number of methoxy groups -OCH3 is 1. The molecule has 0 spiro atoms. The molecule has 0 saturated heterocycles. The molecule has 0 atom stereocenters. The molecule has 0 aliphatic heterocycles. The Labute approximate surface area is 109 Å². The van der Waals surface area contributed by atoms with Crippen molar-refractivity contribution in [3.05, 3.63) is 54.5 Å². The monoisotopic (exact) mass is 253 g/mol. The first-order valence-corrected chi connectivity index (χ1v) is 5.77. The number of hydrogen-bond acceptors (Lipinski definition) is 4. The lowest BCUT2D eigenvalue weighted by molar-refractivity contribution is 0.0592. The third-order valence-corrected chi connectivity index (χ3v) is 2.84. The quantitative estimate of drug-likeness (QED) is 0.657. The molecule has 19 heavy (non-hydrogen) atoms. The second kappa shape index (κ2) is 4.53. The lowest BCUT2D eigenvalue weighted by Gasteiger charge is -2.06. The van der Waals surface area contributed by atoms with E-state index in [1.165, 1.54) is 7.11 Å². The molecular formula is C14H11N3O2. The van der Waals surface area contributed by atoms with Gasteiger partial charge in [0.2, 0.25) is 0 Å². The van der Waals surface area contributed by atoms with Crippen LogP contribution in [0.1, 0.15) is 10.5 Å². The van der Waals surface area contributed by atoms with E-state index in [1.54, 1.807) is 28.9 Å². The molecule has 3 rings (SSSR count). The summed E-state index contributed by atoms with van der Waals surface area (Å²) in [5.41, 5.74) is 1.96. The van der Waals surface area contributed by atoms with Crippen molar-refractivity contribution < 1.29 is 9.53 Å². The van der Waals surface area contributed by atoms with E-state index < -0.39 is 5.97 Å². The maximum absolute atomic E-state index is 11.8. The highest BCUT2D eigenvalue weighted by molar-refractivity contribution is 5.89. The van der Waals surface area contributed by atoms with Crippen molar-refractivity contribution in [1.82, 2.24) is 14.4 Å². The summed E-state index contributed by atoms with van der Waals surface area (Å²) in [6.07, 6.45) is 3.40. The lowest BCUT2D eigenvalue weighted by atomic mass is 10.3. The molecule has 0 amide bonds. The highest BCUT2D eigenvalue weighted by Crippen LogP contribution is 2.19. The van der Waals surface area contributed by atoms with Crippen LogP contribution in [-0.2, 0) is 4.74 Å². The zero-order valence-electron chi connectivity index (χ0n) is 10.3. The summed E-state index contributed by atoms with van der Waals surface area (Å²) >= 11 is 0. The number of carbonyl (C=O) groups is 1. The van der Waals surface area contributed by atoms with Gasteiger partial charge in [-0.3, -0.25) is 9.38 Å². The smallest absolute Gasteiger partial charge is 0.355 e. The second-order valence-corrected chi connectivity index (χ2v) is 3.96. The molecule has 0 saturated carbocycles. The maximum atomic E-state index is 11.8. The van der Waals surface area contributed by atoms with Crippen LogP contribution in [-0.4, -0.2) is 27.4 Å². The summed E-state index contributed by atoms with van der Waals surface area (Å²) in [5.74, 6) is 0.220. The standard InChI is InChI=1S/C14H11N3O2/c1-19-14(18)12-7-4-5-10-9-16-13(17(10)12)11-6-2-3-8-15-11/h2-9H,1H3. The first-order valence-electron chi connectivity index (χ1n) is 5.77. The largest absolute Gasteiger partial charge is 0.464 e. The van der Waals surface area contributed by atoms with E-state index in [9.17, 15) is 4.79 Å². The number of rotatable bonds is 2. The molecule has 3 aromatic heterocycles. The minimum Gasteiger partial charge on any atom is -0.464 e. The lowest BCUT2D eigenvalue weighted by Crippen LogP contribution is -2.08. The Balaban J connectivity index is 2.30. The fraction of sp³-hybridized carbons (Fsp3) is 0.0714. The first-order chi connectivity index (χ1) is 9.31. The zero-order valence-corrected chi connectivity index (χ0v) is 10.3. The number of ether oxygens (including phenoxy) is 1. The van der Waals surface area contributed by atoms with Crippen molar-refractivity contribution in [2.75, 3.05) is 7.11 Å². The van der Waals surface area contributed by atoms with Gasteiger partial charge in [-0.05, 0) is 24.3 Å². The third kappa shape index (κ3) is 1.85. The summed E-state index contributed by atoms with van der Waals surface area (Å²) in [4.78, 5) is 20.4. The summed E-state index contributed by atoms with van der Waals surface area (Å²) in [5, 5.41) is 0. The maximum Gasteiger partial charge on any atom is 0.355 e. The van der Waals surface area contributed by atoms with Crippen LogP contribution in [0.4, 0.5) is 0 Å². The van der Waals surface area contributed by atoms with Gasteiger partial charge in [-0.1, -0.05) is 12.1 Å². The minimum atomic E-state index is -0.402. The van der Waals surface area contributed by atoms with Gasteiger partial charge in [0.1, 0.15) is 11.4 Å². The number of pyridine rings is 2. The number of nitrogens with zero attached hydrogens (tertiary/aromatic N) is 3. The predicted molar refractivity (Wildman–Crippen MR) is 69.8 cm³/mol. The van der Waals surface area contributed by atoms with Gasteiger partial charge >= 0.3 is 5.97 Å². The van der Waals surface area contributed by atoms with Crippen LogP contribution in [0.5, 0.6) is 0 Å². The fourth-order valence-electron chi connectivity index (χ4n) is 1.99. The van der Waals surface area contributed by atoms with Crippen molar-refractivity contribution in [2.24, 2.45) is 0 Å². The molecule has 0 unspecified atom stereocenters. The van der Waals surface area contributed by atoms with Gasteiger partial charge in [-0.2, -0.15) is 0 Å². The average Bonchev–Trinajstić information content (AvgIpc) is 2.91. The number of esters is 1. The second-order valence-electron chi connectivity index (χ2n) is 3.96. The van der Waals surface area contributed by atoms with E-state index in [2.05, 4.69) is 9.97 Å². The van der Waals surface area contributed by atoms with Gasteiger partial charge in [0, 0.05) is 6.20 Å². The summed E-state index contributed by atoms with van der Waals surface area (Å²) < 4.78 is 6.54. The van der Waals surface area contributed by atoms with Gasteiger partial charge in [0.15, 0.2) is 5.82 Å². The van der Waals surface area contributed by atoms with Crippen LogP contribution < -0.4 is 0 Å². The first kappa shape index (κ1) is 11.4. The fourth-order valence-corrected chi connectivity index (χ4v) is 1.99. The van der Waals surface area contributed by atoms with Gasteiger partial charge in [-0.15, -0.1) is 0 Å². The van der Waals surface area contributed by atoms with E-state index in [1.807, 2.05) is 24.3 Å². The van der Waals surface area contributed by atoms with Crippen LogP contribution in [0.2, 0.25) is 0 Å². The highest BCUT2D eigenvalue weighted by atomic mass is 16.5. The predicted octanol–water partition coefficient (Wildman–Crippen LogP) is 2.18. The van der Waals surface area contributed by atoms with Crippen LogP contribution in [0.3, 0.4) is 0 Å². The molecule has 3 aromatic rings. The summed E-state index contributed by atoms with van der Waals surface area (Å²) in [7, 11) is 1.36. The SMILES string of the molecule is COC(=O)c1cccc2cnc(-c3ccccn3)n12. The molecule has 0 aromatic carbocycles. The minimum absolute atomic E-state index is 0.402. The van der Waals surface area contributed by atoms with Crippen molar-refractivity contribution in [3.63, 3.8) is 0 Å². The Bertz CT molecular complexity index is 735. The number of aromatic nitrogens is 3. The summed E-state index contributed by atoms with van der Waals surface area (Å²) in [6, 6.07) is 10.9. The van der Waals surface area contributed by atoms with E-state index in [-0.39, 0.29) is 0 Å². The molecule has 0 radical (unpaired) electrons. The Kier molecular flexibility index (Phi) is 2.72. The number of fused-ring (bicyclic) bond motifs is 1. The van der Waals surface area contributed by atoms with E-state index in [0.29, 0.717) is 17.2 Å². The zero-order chi connectivity index (χ0) is 13.2. The van der Waals surface area contributed by atoms with Gasteiger partial charge in [0.25, 0.3) is 0 Å². The number of hydrogen-bond donors (Lipinski definition) is 0. The van der Waals surface area contributed by atoms with Gasteiger partial charge < -0.3 is 4.74 Å². The Morgan fingerprint density at radius 2 is 2.05 bits per heavy atom. The number of imidazole rings is 1. The summed E-state index contributed by atoms with van der Waals surface area (Å²) in [6.45, 7) is 0. The van der Waals surface area contributed by atoms with Crippen molar-refractivity contribution in [1.29, 1.82) is 0 Å². The van der Waals surface area contributed by atoms with Crippen LogP contribution in [0.25, 0.3) is 17.0 Å². The van der Waals surface area contributed by atoms with Crippen molar-refractivity contribution in [2.45, 2.75) is 0 Å². The molecule has 0 aliphatic rings. The van der Waals surface area contributed by atoms with Gasteiger partial charge in [-0.25, -0.2) is 9.78 Å². The molecule has 0 bridgehead atoms. The van der Waals surface area contributed by atoms with Crippen LogP contribution in [0.15, 0.2) is 48.8 Å².